The molecule has 0 bridgehead atoms. The zero-order chi connectivity index (χ0) is 24.2. The van der Waals surface area contributed by atoms with Gasteiger partial charge in [0.25, 0.3) is 5.91 Å². The first-order valence-electron chi connectivity index (χ1n) is 8.91. The van der Waals surface area contributed by atoms with Crippen LogP contribution in [-0.2, 0) is 20.8 Å². The van der Waals surface area contributed by atoms with Gasteiger partial charge < -0.3 is 4.90 Å². The third-order valence-corrected chi connectivity index (χ3v) is 6.45. The van der Waals surface area contributed by atoms with Gasteiger partial charge in [-0.2, -0.15) is 18.4 Å². The van der Waals surface area contributed by atoms with Crippen LogP contribution in [0.15, 0.2) is 41.3 Å². The zero-order valence-electron chi connectivity index (χ0n) is 16.9. The minimum absolute atomic E-state index is 0.0142. The molecule has 12 heteroatoms. The Morgan fingerprint density at radius 1 is 1.09 bits per heavy atom. The Morgan fingerprint density at radius 3 is 2.12 bits per heavy atom. The number of halogens is 4. The number of nitrogens with zero attached hydrogens (tertiary/aromatic N) is 3. The Morgan fingerprint density at radius 2 is 1.66 bits per heavy atom. The lowest BCUT2D eigenvalue weighted by molar-refractivity contribution is -0.140. The summed E-state index contributed by atoms with van der Waals surface area (Å²) in [5.74, 6) is -2.59. The monoisotopic (exact) mass is 485 g/mol. The summed E-state index contributed by atoms with van der Waals surface area (Å²) in [5, 5.41) is 8.64. The standard InChI is InChI=1S/C20H15F4N3O3S2/c1-19(2)17(28)26(14-9-4-11(10-25)15(16(14)21)20(22,23)24)18(31)27(19)12-5-7-13(8-6-12)32(3,29)30/h4-9H,1-3H3. The quantitative estimate of drug-likeness (QED) is 0.482. The Labute approximate surface area is 186 Å². The van der Waals surface area contributed by atoms with Crippen molar-refractivity contribution in [3.8, 4) is 6.07 Å². The summed E-state index contributed by atoms with van der Waals surface area (Å²) >= 11 is 5.32. The van der Waals surface area contributed by atoms with Gasteiger partial charge in [0.15, 0.2) is 20.8 Å². The molecule has 0 saturated carbocycles. The van der Waals surface area contributed by atoms with Crippen LogP contribution in [0.4, 0.5) is 28.9 Å². The molecule has 2 aromatic rings. The Balaban J connectivity index is 2.15. The maximum absolute atomic E-state index is 15.0. The molecular weight excluding hydrogens is 470 g/mol. The summed E-state index contributed by atoms with van der Waals surface area (Å²) in [6.07, 6.45) is -4.16. The molecular formula is C20H15F4N3O3S2. The number of sulfone groups is 1. The second-order valence-electron chi connectivity index (χ2n) is 7.51. The summed E-state index contributed by atoms with van der Waals surface area (Å²) < 4.78 is 78.5. The fourth-order valence-electron chi connectivity index (χ4n) is 3.39. The average molecular weight is 485 g/mol. The van der Waals surface area contributed by atoms with Crippen LogP contribution in [-0.4, -0.2) is 31.2 Å². The highest BCUT2D eigenvalue weighted by molar-refractivity contribution is 7.90. The highest BCUT2D eigenvalue weighted by Crippen LogP contribution is 2.41. The van der Waals surface area contributed by atoms with Crippen LogP contribution < -0.4 is 9.80 Å². The number of anilines is 2. The number of carbonyl (C=O) groups excluding carboxylic acids is 1. The van der Waals surface area contributed by atoms with E-state index < -0.39 is 50.1 Å². The molecule has 3 rings (SSSR count). The maximum Gasteiger partial charge on any atom is 0.420 e. The molecule has 1 amide bonds. The molecule has 0 radical (unpaired) electrons. The molecule has 1 aliphatic heterocycles. The fraction of sp³-hybridized carbons (Fsp3) is 0.250. The largest absolute Gasteiger partial charge is 0.420 e. The van der Waals surface area contributed by atoms with Gasteiger partial charge in [-0.25, -0.2) is 12.8 Å². The number of hydrogen-bond donors (Lipinski definition) is 0. The lowest BCUT2D eigenvalue weighted by Crippen LogP contribution is -2.44. The summed E-state index contributed by atoms with van der Waals surface area (Å²) in [6.45, 7) is 2.89. The van der Waals surface area contributed by atoms with E-state index in [1.807, 2.05) is 0 Å². The van der Waals surface area contributed by atoms with E-state index in [0.717, 1.165) is 18.4 Å². The van der Waals surface area contributed by atoms with E-state index in [9.17, 15) is 30.8 Å². The van der Waals surface area contributed by atoms with Crippen molar-refractivity contribution >= 4 is 44.4 Å². The van der Waals surface area contributed by atoms with Crippen molar-refractivity contribution in [2.45, 2.75) is 30.5 Å². The normalized spacial score (nSPS) is 16.4. The van der Waals surface area contributed by atoms with Gasteiger partial charge >= 0.3 is 6.18 Å². The molecule has 1 fully saturated rings. The average Bonchev–Trinajstić information content (AvgIpc) is 2.84. The molecule has 1 heterocycles. The van der Waals surface area contributed by atoms with Crippen molar-refractivity contribution in [1.29, 1.82) is 5.26 Å². The molecule has 0 aliphatic carbocycles. The first kappa shape index (κ1) is 23.6. The van der Waals surface area contributed by atoms with Gasteiger partial charge in [0.05, 0.1) is 22.2 Å². The second-order valence-corrected chi connectivity index (χ2v) is 9.90. The lowest BCUT2D eigenvalue weighted by atomic mass is 10.0. The number of hydrogen-bond acceptors (Lipinski definition) is 5. The van der Waals surface area contributed by atoms with Crippen molar-refractivity contribution in [1.82, 2.24) is 0 Å². The van der Waals surface area contributed by atoms with Gasteiger partial charge in [0.2, 0.25) is 0 Å². The van der Waals surface area contributed by atoms with E-state index in [0.29, 0.717) is 4.90 Å². The number of alkyl halides is 3. The lowest BCUT2D eigenvalue weighted by Gasteiger charge is -2.29. The molecule has 1 saturated heterocycles. The number of benzene rings is 2. The van der Waals surface area contributed by atoms with Crippen molar-refractivity contribution in [2.75, 3.05) is 16.1 Å². The Hall–Kier alpha value is -3.04. The van der Waals surface area contributed by atoms with Crippen LogP contribution in [0.1, 0.15) is 25.0 Å². The van der Waals surface area contributed by atoms with Gasteiger partial charge in [-0.1, -0.05) is 0 Å². The van der Waals surface area contributed by atoms with Crippen LogP contribution in [0, 0.1) is 17.1 Å². The van der Waals surface area contributed by atoms with Gasteiger partial charge in [0, 0.05) is 11.9 Å². The SMILES string of the molecule is CC1(C)C(=O)N(c2ccc(C#N)c(C(F)(F)F)c2F)C(=S)N1c1ccc(S(C)(=O)=O)cc1. The summed E-state index contributed by atoms with van der Waals surface area (Å²) in [4.78, 5) is 15.1. The molecule has 0 atom stereocenters. The van der Waals surface area contributed by atoms with E-state index >= 15 is 0 Å². The predicted octanol–water partition coefficient (Wildman–Crippen LogP) is 4.04. The van der Waals surface area contributed by atoms with E-state index in [2.05, 4.69) is 0 Å². The number of amides is 1. The Bertz CT molecular complexity index is 1280. The molecule has 168 valence electrons. The van der Waals surface area contributed by atoms with Gasteiger partial charge in [0.1, 0.15) is 11.1 Å². The molecule has 6 nitrogen and oxygen atoms in total. The first-order valence-corrected chi connectivity index (χ1v) is 11.2. The maximum atomic E-state index is 15.0. The molecule has 0 spiro atoms. The summed E-state index contributed by atoms with van der Waals surface area (Å²) in [6, 6.07) is 8.31. The molecule has 1 aliphatic rings. The first-order chi connectivity index (χ1) is 14.6. The highest BCUT2D eigenvalue weighted by atomic mass is 32.2. The third kappa shape index (κ3) is 3.71. The van der Waals surface area contributed by atoms with E-state index in [4.69, 9.17) is 17.5 Å². The minimum atomic E-state index is -5.17. The van der Waals surface area contributed by atoms with Crippen LogP contribution in [0.25, 0.3) is 0 Å². The van der Waals surface area contributed by atoms with Crippen molar-refractivity contribution in [3.05, 3.63) is 53.3 Å². The van der Waals surface area contributed by atoms with Crippen molar-refractivity contribution in [3.63, 3.8) is 0 Å². The van der Waals surface area contributed by atoms with Gasteiger partial charge in [-0.3, -0.25) is 9.69 Å². The van der Waals surface area contributed by atoms with Crippen LogP contribution in [0.2, 0.25) is 0 Å². The molecule has 0 N–H and O–H groups in total. The zero-order valence-corrected chi connectivity index (χ0v) is 18.5. The fourth-order valence-corrected chi connectivity index (χ4v) is 4.54. The molecule has 0 aromatic heterocycles. The predicted molar refractivity (Wildman–Crippen MR) is 112 cm³/mol. The smallest absolute Gasteiger partial charge is 0.304 e. The molecule has 32 heavy (non-hydrogen) atoms. The van der Waals surface area contributed by atoms with Gasteiger partial charge in [-0.15, -0.1) is 0 Å². The minimum Gasteiger partial charge on any atom is -0.304 e. The summed E-state index contributed by atoms with van der Waals surface area (Å²) in [7, 11) is -3.49. The third-order valence-electron chi connectivity index (χ3n) is 4.96. The van der Waals surface area contributed by atoms with Crippen LogP contribution >= 0.6 is 12.2 Å². The van der Waals surface area contributed by atoms with Crippen molar-refractivity contribution < 1.29 is 30.8 Å². The number of carbonyl (C=O) groups is 1. The van der Waals surface area contributed by atoms with E-state index in [1.54, 1.807) is 0 Å². The molecule has 2 aromatic carbocycles. The highest BCUT2D eigenvalue weighted by Gasteiger charge is 2.52. The number of thiocarbonyl (C=S) groups is 1. The van der Waals surface area contributed by atoms with Gasteiger partial charge in [-0.05, 0) is 62.5 Å². The molecule has 0 unspecified atom stereocenters. The van der Waals surface area contributed by atoms with Crippen LogP contribution in [0.5, 0.6) is 0 Å². The van der Waals surface area contributed by atoms with Crippen molar-refractivity contribution in [2.24, 2.45) is 0 Å². The van der Waals surface area contributed by atoms with E-state index in [1.165, 1.54) is 49.1 Å². The summed E-state index contributed by atoms with van der Waals surface area (Å²) in [5.41, 5.74) is -4.60. The topological polar surface area (TPSA) is 81.5 Å². The Kier molecular flexibility index (Phi) is 5.56. The number of rotatable bonds is 3. The second kappa shape index (κ2) is 7.53. The van der Waals surface area contributed by atoms with E-state index in [-0.39, 0.29) is 15.7 Å². The number of nitriles is 1. The van der Waals surface area contributed by atoms with Crippen LogP contribution in [0.3, 0.4) is 0 Å².